The molecule has 0 bridgehead atoms. The van der Waals surface area contributed by atoms with Gasteiger partial charge in [-0.2, -0.15) is 0 Å². The number of imide groups is 1. The molecule has 0 spiro atoms. The van der Waals surface area contributed by atoms with Crippen molar-refractivity contribution in [2.45, 2.75) is 32.2 Å². The lowest BCUT2D eigenvalue weighted by atomic mass is 9.97. The highest BCUT2D eigenvalue weighted by Crippen LogP contribution is 2.27. The van der Waals surface area contributed by atoms with E-state index in [1.165, 1.54) is 31.4 Å². The van der Waals surface area contributed by atoms with Gasteiger partial charge in [-0.25, -0.2) is 9.18 Å². The second kappa shape index (κ2) is 14.5. The van der Waals surface area contributed by atoms with Crippen molar-refractivity contribution in [3.05, 3.63) is 94.3 Å². The van der Waals surface area contributed by atoms with E-state index in [0.29, 0.717) is 28.3 Å². The molecule has 1 aliphatic rings. The standard InChI is InChI=1S/C31H32ClFN4O6/c1-3-26(20-6-4-19(5-7-20)14-29(38)39)35-31(41)37-18-28(36-43-25-11-9-24(33)10-12-25)34-17-22(30(37)40)15-21-16-23(32)8-13-27(21)42-2/h4-13,16,22,26H,3,14-15,17-18H2,1-2H3,(H,34,36)(H,35,41)(H,38,39)/t22-,26?/m1/s1. The maximum Gasteiger partial charge on any atom is 0.325 e. The number of carboxylic acid groups (broad SMARTS) is 1. The molecule has 0 saturated carbocycles. The Morgan fingerprint density at radius 3 is 2.53 bits per heavy atom. The quantitative estimate of drug-likeness (QED) is 0.277. The van der Waals surface area contributed by atoms with Gasteiger partial charge in [0.15, 0.2) is 11.6 Å². The number of amidine groups is 1. The number of amides is 3. The number of carbonyl (C=O) groups is 3. The smallest absolute Gasteiger partial charge is 0.325 e. The number of halogens is 2. The van der Waals surface area contributed by atoms with Gasteiger partial charge in [0.25, 0.3) is 0 Å². The van der Waals surface area contributed by atoms with Gasteiger partial charge in [0.1, 0.15) is 11.6 Å². The summed E-state index contributed by atoms with van der Waals surface area (Å²) >= 11 is 6.22. The first-order valence-electron chi connectivity index (χ1n) is 13.6. The SMILES string of the molecule is CCC(NC(=O)N1C/C(=N/Oc2ccc(F)cc2)NC[C@@H](Cc2cc(Cl)ccc2OC)C1=O)c1ccc(CC(=O)O)cc1. The van der Waals surface area contributed by atoms with Gasteiger partial charge in [-0.15, -0.1) is 0 Å². The van der Waals surface area contributed by atoms with Crippen molar-refractivity contribution in [2.75, 3.05) is 20.2 Å². The summed E-state index contributed by atoms with van der Waals surface area (Å²) in [6, 6.07) is 16.2. The van der Waals surface area contributed by atoms with Gasteiger partial charge in [0.05, 0.1) is 32.0 Å². The Kier molecular flexibility index (Phi) is 10.6. The average Bonchev–Trinajstić information content (AvgIpc) is 3.14. The molecule has 2 atom stereocenters. The van der Waals surface area contributed by atoms with E-state index in [2.05, 4.69) is 15.8 Å². The molecule has 3 aromatic carbocycles. The van der Waals surface area contributed by atoms with E-state index in [1.54, 1.807) is 42.5 Å². The first kappa shape index (κ1) is 31.3. The van der Waals surface area contributed by atoms with E-state index >= 15 is 0 Å². The van der Waals surface area contributed by atoms with Crippen LogP contribution in [0.4, 0.5) is 9.18 Å². The summed E-state index contributed by atoms with van der Waals surface area (Å²) in [5.74, 6) is -1.44. The zero-order chi connectivity index (χ0) is 30.9. The molecule has 10 nitrogen and oxygen atoms in total. The summed E-state index contributed by atoms with van der Waals surface area (Å²) in [7, 11) is 1.52. The molecule has 12 heteroatoms. The van der Waals surface area contributed by atoms with Gasteiger partial charge < -0.3 is 25.3 Å². The van der Waals surface area contributed by atoms with Crippen molar-refractivity contribution < 1.29 is 33.5 Å². The number of hydrogen-bond donors (Lipinski definition) is 3. The van der Waals surface area contributed by atoms with Crippen LogP contribution in [0.15, 0.2) is 71.9 Å². The minimum absolute atomic E-state index is 0.111. The van der Waals surface area contributed by atoms with E-state index in [-0.39, 0.29) is 37.5 Å². The van der Waals surface area contributed by atoms with Crippen LogP contribution in [-0.4, -0.2) is 53.9 Å². The minimum Gasteiger partial charge on any atom is -0.496 e. The van der Waals surface area contributed by atoms with Crippen LogP contribution >= 0.6 is 11.6 Å². The lowest BCUT2D eigenvalue weighted by molar-refractivity contribution is -0.136. The number of carbonyl (C=O) groups excluding carboxylic acids is 2. The number of rotatable bonds is 10. The van der Waals surface area contributed by atoms with Gasteiger partial charge in [0.2, 0.25) is 5.91 Å². The summed E-state index contributed by atoms with van der Waals surface area (Å²) in [5, 5.41) is 19.7. The predicted octanol–water partition coefficient (Wildman–Crippen LogP) is 4.96. The molecular formula is C31H32ClFN4O6. The number of urea groups is 1. The van der Waals surface area contributed by atoms with E-state index in [4.69, 9.17) is 26.3 Å². The van der Waals surface area contributed by atoms with Gasteiger partial charge in [-0.1, -0.05) is 47.9 Å². The highest BCUT2D eigenvalue weighted by atomic mass is 35.5. The Morgan fingerprint density at radius 2 is 1.88 bits per heavy atom. The molecule has 1 unspecified atom stereocenters. The third-order valence-electron chi connectivity index (χ3n) is 6.95. The normalized spacial score (nSPS) is 16.7. The molecule has 3 N–H and O–H groups in total. The Balaban J connectivity index is 1.58. The number of nitrogens with zero attached hydrogens (tertiary/aromatic N) is 2. The second-order valence-corrected chi connectivity index (χ2v) is 10.4. The summed E-state index contributed by atoms with van der Waals surface area (Å²) in [4.78, 5) is 45.1. The molecule has 0 aromatic heterocycles. The third-order valence-corrected chi connectivity index (χ3v) is 7.18. The van der Waals surface area contributed by atoms with Crippen molar-refractivity contribution in [2.24, 2.45) is 11.1 Å². The zero-order valence-electron chi connectivity index (χ0n) is 23.7. The van der Waals surface area contributed by atoms with Gasteiger partial charge in [0, 0.05) is 11.6 Å². The number of benzene rings is 3. The molecule has 1 saturated heterocycles. The molecule has 1 fully saturated rings. The number of methoxy groups -OCH3 is 1. The number of oxime groups is 1. The summed E-state index contributed by atoms with van der Waals surface area (Å²) in [6.07, 6.45) is 0.634. The molecule has 0 aliphatic carbocycles. The molecule has 43 heavy (non-hydrogen) atoms. The van der Waals surface area contributed by atoms with Crippen LogP contribution in [0.3, 0.4) is 0 Å². The average molecular weight is 611 g/mol. The monoisotopic (exact) mass is 610 g/mol. The molecular weight excluding hydrogens is 579 g/mol. The molecule has 4 rings (SSSR count). The number of carboxylic acids is 1. The van der Waals surface area contributed by atoms with Gasteiger partial charge in [-0.05, 0) is 72.0 Å². The summed E-state index contributed by atoms with van der Waals surface area (Å²) in [6.45, 7) is 1.83. The third kappa shape index (κ3) is 8.45. The van der Waals surface area contributed by atoms with Crippen molar-refractivity contribution in [3.63, 3.8) is 0 Å². The Bertz CT molecular complexity index is 1480. The van der Waals surface area contributed by atoms with E-state index in [1.807, 2.05) is 6.92 Å². The number of hydrogen-bond acceptors (Lipinski definition) is 6. The molecule has 3 amide bonds. The van der Waals surface area contributed by atoms with Crippen molar-refractivity contribution >= 4 is 35.3 Å². The van der Waals surface area contributed by atoms with Crippen molar-refractivity contribution in [1.82, 2.24) is 15.5 Å². The van der Waals surface area contributed by atoms with Crippen LogP contribution in [0, 0.1) is 11.7 Å². The Labute approximate surface area is 253 Å². The lowest BCUT2D eigenvalue weighted by Crippen LogP contribution is -2.48. The van der Waals surface area contributed by atoms with Crippen molar-refractivity contribution in [3.8, 4) is 11.5 Å². The van der Waals surface area contributed by atoms with Gasteiger partial charge in [-0.3, -0.25) is 14.5 Å². The molecule has 3 aromatic rings. The molecule has 1 heterocycles. The van der Waals surface area contributed by atoms with Gasteiger partial charge >= 0.3 is 12.0 Å². The minimum atomic E-state index is -0.938. The zero-order valence-corrected chi connectivity index (χ0v) is 24.4. The highest BCUT2D eigenvalue weighted by Gasteiger charge is 2.35. The predicted molar refractivity (Wildman–Crippen MR) is 159 cm³/mol. The van der Waals surface area contributed by atoms with Crippen LogP contribution in [-0.2, 0) is 22.4 Å². The first-order valence-corrected chi connectivity index (χ1v) is 14.0. The van der Waals surface area contributed by atoms with E-state index < -0.39 is 35.7 Å². The maximum absolute atomic E-state index is 13.8. The van der Waals surface area contributed by atoms with Crippen LogP contribution in [0.2, 0.25) is 5.02 Å². The summed E-state index contributed by atoms with van der Waals surface area (Å²) < 4.78 is 18.8. The number of aliphatic carboxylic acids is 1. The fraction of sp³-hybridized carbons (Fsp3) is 0.290. The first-order chi connectivity index (χ1) is 20.7. The topological polar surface area (TPSA) is 130 Å². The maximum atomic E-state index is 13.8. The lowest BCUT2D eigenvalue weighted by Gasteiger charge is -2.26. The van der Waals surface area contributed by atoms with Crippen LogP contribution < -0.4 is 20.2 Å². The Morgan fingerprint density at radius 1 is 1.16 bits per heavy atom. The highest BCUT2D eigenvalue weighted by molar-refractivity contribution is 6.30. The van der Waals surface area contributed by atoms with Crippen LogP contribution in [0.1, 0.15) is 36.1 Å². The Hall–Kier alpha value is -4.64. The van der Waals surface area contributed by atoms with Crippen molar-refractivity contribution in [1.29, 1.82) is 0 Å². The van der Waals surface area contributed by atoms with E-state index in [9.17, 15) is 18.8 Å². The largest absolute Gasteiger partial charge is 0.496 e. The molecule has 226 valence electrons. The van der Waals surface area contributed by atoms with Crippen LogP contribution in [0.25, 0.3) is 0 Å². The fourth-order valence-corrected chi connectivity index (χ4v) is 4.89. The number of nitrogens with one attached hydrogen (secondary N) is 2. The number of ether oxygens (including phenoxy) is 1. The molecule has 0 radical (unpaired) electrons. The second-order valence-electron chi connectivity index (χ2n) is 9.97. The summed E-state index contributed by atoms with van der Waals surface area (Å²) in [5.41, 5.74) is 2.10. The molecule has 1 aliphatic heterocycles. The fourth-order valence-electron chi connectivity index (χ4n) is 4.69. The van der Waals surface area contributed by atoms with Crippen LogP contribution in [0.5, 0.6) is 11.5 Å². The van der Waals surface area contributed by atoms with E-state index in [0.717, 1.165) is 10.5 Å².